The van der Waals surface area contributed by atoms with Crippen molar-refractivity contribution in [3.8, 4) is 5.75 Å². The number of aryl methyl sites for hydroxylation is 2. The number of fused-ring (bicyclic) bond motifs is 5. The number of hydrogen-bond donors (Lipinski definition) is 3. The minimum Gasteiger partial charge on any atom is -0.493 e. The van der Waals surface area contributed by atoms with Crippen LogP contribution in [0.3, 0.4) is 0 Å². The molecule has 2 aromatic carbocycles. The van der Waals surface area contributed by atoms with Crippen LogP contribution < -0.4 is 15.4 Å². The third-order valence-corrected chi connectivity index (χ3v) is 7.15. The standard InChI is InChI=1S/C30H34N8O5/c1-19-8-9-21-16-26(19)43-15-5-12-38-18-22(35-36-38)10-13-37(14-11-31-29(41)27(20(2)39)34-28(21)40)30(42)25-17-32-23-6-3-4-7-24(23)33-25/h3-4,6-9,16-18,20,27,39H,5,10-15H2,1-2H3,(H,31,41)(H,34,40)/t20-,27+/m1/s1. The normalized spacial score (nSPS) is 17.8. The molecule has 1 aliphatic rings. The van der Waals surface area contributed by atoms with E-state index >= 15 is 0 Å². The lowest BCUT2D eigenvalue weighted by molar-refractivity contribution is -0.125. The highest BCUT2D eigenvalue weighted by Gasteiger charge is 2.27. The zero-order valence-corrected chi connectivity index (χ0v) is 24.1. The van der Waals surface area contributed by atoms with Crippen molar-refractivity contribution in [3.63, 3.8) is 0 Å². The Morgan fingerprint density at radius 3 is 2.74 bits per heavy atom. The molecule has 0 radical (unpaired) electrons. The van der Waals surface area contributed by atoms with Crippen LogP contribution in [-0.4, -0.2) is 91.1 Å². The Labute approximate surface area is 248 Å². The monoisotopic (exact) mass is 586 g/mol. The topological polar surface area (TPSA) is 164 Å². The van der Waals surface area contributed by atoms with E-state index in [4.69, 9.17) is 4.74 Å². The van der Waals surface area contributed by atoms with Gasteiger partial charge in [-0.05, 0) is 43.7 Å². The summed E-state index contributed by atoms with van der Waals surface area (Å²) in [4.78, 5) is 50.1. The Balaban J connectivity index is 1.37. The molecular formula is C30H34N8O5. The van der Waals surface area contributed by atoms with E-state index in [1.807, 2.05) is 31.3 Å². The molecule has 4 aromatic rings. The van der Waals surface area contributed by atoms with Gasteiger partial charge < -0.3 is 25.4 Å². The molecule has 13 nitrogen and oxygen atoms in total. The number of nitrogens with one attached hydrogen (secondary N) is 2. The second kappa shape index (κ2) is 13.4. The summed E-state index contributed by atoms with van der Waals surface area (Å²) < 4.78 is 7.66. The van der Waals surface area contributed by atoms with Crippen LogP contribution >= 0.6 is 0 Å². The van der Waals surface area contributed by atoms with Gasteiger partial charge in [0.2, 0.25) is 5.91 Å². The number of aliphatic hydroxyl groups is 1. The van der Waals surface area contributed by atoms with E-state index in [1.165, 1.54) is 13.1 Å². The molecule has 43 heavy (non-hydrogen) atoms. The van der Waals surface area contributed by atoms with Crippen molar-refractivity contribution in [2.24, 2.45) is 0 Å². The number of hydrogen-bond acceptors (Lipinski definition) is 9. The number of carbonyl (C=O) groups is 3. The largest absolute Gasteiger partial charge is 0.493 e. The molecule has 3 heterocycles. The lowest BCUT2D eigenvalue weighted by Crippen LogP contribution is -2.53. The number of benzene rings is 2. The molecule has 4 bridgehead atoms. The van der Waals surface area contributed by atoms with E-state index in [0.29, 0.717) is 54.0 Å². The first-order valence-corrected chi connectivity index (χ1v) is 14.2. The van der Waals surface area contributed by atoms with Gasteiger partial charge in [0.25, 0.3) is 11.8 Å². The molecule has 3 amide bonds. The molecule has 0 aliphatic carbocycles. The Kier molecular flexibility index (Phi) is 9.20. The molecule has 0 saturated carbocycles. The predicted molar refractivity (Wildman–Crippen MR) is 156 cm³/mol. The quantitative estimate of drug-likeness (QED) is 0.314. The molecule has 13 heteroatoms. The second-order valence-corrected chi connectivity index (χ2v) is 10.4. The molecule has 5 rings (SSSR count). The summed E-state index contributed by atoms with van der Waals surface area (Å²) in [7, 11) is 0. The average Bonchev–Trinajstić information content (AvgIpc) is 3.46. The molecule has 3 N–H and O–H groups in total. The maximum atomic E-state index is 13.6. The maximum absolute atomic E-state index is 13.6. The molecule has 2 aromatic heterocycles. The second-order valence-electron chi connectivity index (χ2n) is 10.4. The smallest absolute Gasteiger partial charge is 0.274 e. The van der Waals surface area contributed by atoms with Crippen LogP contribution in [0.25, 0.3) is 11.0 Å². The fraction of sp³-hybridized carbons (Fsp3) is 0.367. The summed E-state index contributed by atoms with van der Waals surface area (Å²) in [5.74, 6) is -0.903. The zero-order chi connectivity index (χ0) is 30.3. The van der Waals surface area contributed by atoms with Gasteiger partial charge in [-0.3, -0.25) is 24.0 Å². The van der Waals surface area contributed by atoms with Gasteiger partial charge in [0.05, 0.1) is 35.6 Å². The predicted octanol–water partition coefficient (Wildman–Crippen LogP) is 1.29. The number of para-hydroxylation sites is 2. The SMILES string of the molecule is Cc1ccc2cc1OCCCn1cc(nn1)CCN(C(=O)c1cnc3ccccc3n1)CCNC(=O)[C@H]([C@@H](C)O)NC2=O. The van der Waals surface area contributed by atoms with Gasteiger partial charge in [-0.25, -0.2) is 4.98 Å². The van der Waals surface area contributed by atoms with E-state index in [2.05, 4.69) is 30.9 Å². The highest BCUT2D eigenvalue weighted by molar-refractivity contribution is 5.98. The maximum Gasteiger partial charge on any atom is 0.274 e. The van der Waals surface area contributed by atoms with Gasteiger partial charge in [0.15, 0.2) is 0 Å². The Morgan fingerprint density at radius 2 is 1.93 bits per heavy atom. The van der Waals surface area contributed by atoms with Crippen LogP contribution in [0.2, 0.25) is 0 Å². The van der Waals surface area contributed by atoms with Crippen molar-refractivity contribution in [2.75, 3.05) is 26.2 Å². The van der Waals surface area contributed by atoms with Crippen molar-refractivity contribution in [1.82, 2.24) is 40.5 Å². The van der Waals surface area contributed by atoms with Crippen LogP contribution in [0, 0.1) is 6.92 Å². The number of ether oxygens (including phenoxy) is 1. The van der Waals surface area contributed by atoms with Crippen molar-refractivity contribution in [1.29, 1.82) is 0 Å². The van der Waals surface area contributed by atoms with Crippen LogP contribution in [0.4, 0.5) is 0 Å². The van der Waals surface area contributed by atoms with Gasteiger partial charge in [0, 0.05) is 50.8 Å². The molecular weight excluding hydrogens is 552 g/mol. The van der Waals surface area contributed by atoms with Gasteiger partial charge in [0.1, 0.15) is 17.5 Å². The molecule has 0 fully saturated rings. The van der Waals surface area contributed by atoms with E-state index in [0.717, 1.165) is 5.56 Å². The Hall–Kier alpha value is -4.91. The van der Waals surface area contributed by atoms with Crippen molar-refractivity contribution < 1.29 is 24.2 Å². The fourth-order valence-electron chi connectivity index (χ4n) is 4.71. The lowest BCUT2D eigenvalue weighted by Gasteiger charge is -2.24. The third-order valence-electron chi connectivity index (χ3n) is 7.15. The number of carbonyl (C=O) groups excluding carboxylic acids is 3. The van der Waals surface area contributed by atoms with Gasteiger partial charge in [-0.15, -0.1) is 5.10 Å². The first kappa shape index (κ1) is 29.6. The molecule has 0 spiro atoms. The Bertz CT molecular complexity index is 1620. The molecule has 2 atom stereocenters. The van der Waals surface area contributed by atoms with Gasteiger partial charge >= 0.3 is 0 Å². The van der Waals surface area contributed by atoms with E-state index < -0.39 is 24.0 Å². The highest BCUT2D eigenvalue weighted by atomic mass is 16.5. The molecule has 0 unspecified atom stereocenters. The zero-order valence-electron chi connectivity index (χ0n) is 24.1. The van der Waals surface area contributed by atoms with E-state index in [-0.39, 0.29) is 31.2 Å². The molecule has 224 valence electrons. The lowest BCUT2D eigenvalue weighted by atomic mass is 10.1. The van der Waals surface area contributed by atoms with Crippen LogP contribution in [0.1, 0.15) is 45.4 Å². The van der Waals surface area contributed by atoms with Crippen LogP contribution in [0.15, 0.2) is 54.9 Å². The number of rotatable bonds is 2. The highest BCUT2D eigenvalue weighted by Crippen LogP contribution is 2.20. The summed E-state index contributed by atoms with van der Waals surface area (Å²) in [5.41, 5.74) is 3.31. The summed E-state index contributed by atoms with van der Waals surface area (Å²) in [6, 6.07) is 11.1. The van der Waals surface area contributed by atoms with E-state index in [1.54, 1.807) is 33.8 Å². The fourth-order valence-corrected chi connectivity index (χ4v) is 4.71. The number of aliphatic hydroxyl groups excluding tert-OH is 1. The summed E-state index contributed by atoms with van der Waals surface area (Å²) in [6.45, 7) is 4.76. The third kappa shape index (κ3) is 7.30. The first-order valence-electron chi connectivity index (χ1n) is 14.2. The first-order chi connectivity index (χ1) is 20.8. The van der Waals surface area contributed by atoms with Crippen LogP contribution in [-0.2, 0) is 17.8 Å². The summed E-state index contributed by atoms with van der Waals surface area (Å²) >= 11 is 0. The Morgan fingerprint density at radius 1 is 1.12 bits per heavy atom. The summed E-state index contributed by atoms with van der Waals surface area (Å²) in [6.07, 6.45) is 3.18. The molecule has 1 aliphatic heterocycles. The average molecular weight is 587 g/mol. The molecule has 0 saturated heterocycles. The minimum absolute atomic E-state index is 0.0693. The van der Waals surface area contributed by atoms with Gasteiger partial charge in [-0.1, -0.05) is 23.4 Å². The van der Waals surface area contributed by atoms with Crippen LogP contribution in [0.5, 0.6) is 5.75 Å². The number of nitrogens with zero attached hydrogens (tertiary/aromatic N) is 6. The number of aromatic nitrogens is 5. The summed E-state index contributed by atoms with van der Waals surface area (Å²) in [5, 5.41) is 24.1. The number of amides is 3. The minimum atomic E-state index is -1.21. The van der Waals surface area contributed by atoms with E-state index in [9.17, 15) is 19.5 Å². The van der Waals surface area contributed by atoms with Crippen molar-refractivity contribution in [2.45, 2.75) is 45.4 Å². The van der Waals surface area contributed by atoms with Crippen molar-refractivity contribution >= 4 is 28.8 Å². The van der Waals surface area contributed by atoms with Gasteiger partial charge in [-0.2, -0.15) is 0 Å². The van der Waals surface area contributed by atoms with Crippen molar-refractivity contribution in [3.05, 3.63) is 77.4 Å².